The molecule has 1 heterocycles. The molecule has 0 saturated heterocycles. The van der Waals surface area contributed by atoms with E-state index in [1.165, 1.54) is 0 Å². The van der Waals surface area contributed by atoms with Gasteiger partial charge in [0.2, 0.25) is 0 Å². The number of hydrogen-bond donors (Lipinski definition) is 2. The first-order valence-corrected chi connectivity index (χ1v) is 5.11. The van der Waals surface area contributed by atoms with Gasteiger partial charge in [0, 0.05) is 18.6 Å². The van der Waals surface area contributed by atoms with E-state index in [0.717, 1.165) is 28.5 Å². The van der Waals surface area contributed by atoms with Gasteiger partial charge >= 0.3 is 0 Å². The molecule has 3 nitrogen and oxygen atoms in total. The molecular formula is C12H16N2O. The fourth-order valence-corrected chi connectivity index (χ4v) is 2.01. The van der Waals surface area contributed by atoms with E-state index in [0.29, 0.717) is 12.3 Å². The van der Waals surface area contributed by atoms with Crippen LogP contribution in [0.1, 0.15) is 11.1 Å². The number of rotatable bonds is 2. The normalized spacial score (nSPS) is 11.1. The van der Waals surface area contributed by atoms with Gasteiger partial charge in [-0.05, 0) is 37.1 Å². The van der Waals surface area contributed by atoms with Gasteiger partial charge in [-0.25, -0.2) is 0 Å². The predicted molar refractivity (Wildman–Crippen MR) is 62.1 cm³/mol. The third-order valence-electron chi connectivity index (χ3n) is 2.82. The second-order valence-electron chi connectivity index (χ2n) is 3.93. The summed E-state index contributed by atoms with van der Waals surface area (Å²) in [5.41, 5.74) is 8.65. The highest BCUT2D eigenvalue weighted by molar-refractivity contribution is 5.90. The van der Waals surface area contributed by atoms with Crippen molar-refractivity contribution in [1.82, 2.24) is 4.57 Å². The lowest BCUT2D eigenvalue weighted by Crippen LogP contribution is -2.02. The summed E-state index contributed by atoms with van der Waals surface area (Å²) in [5, 5.41) is 11.0. The number of nitrogens with zero attached hydrogens (tertiary/aromatic N) is 1. The molecule has 0 unspecified atom stereocenters. The molecule has 0 bridgehead atoms. The maximum absolute atomic E-state index is 10.0. The molecule has 0 radical (unpaired) electrons. The maximum atomic E-state index is 10.0. The minimum atomic E-state index is 0.386. The van der Waals surface area contributed by atoms with Crippen LogP contribution in [0.4, 0.5) is 0 Å². The topological polar surface area (TPSA) is 51.2 Å². The van der Waals surface area contributed by atoms with Crippen LogP contribution in [-0.2, 0) is 13.5 Å². The maximum Gasteiger partial charge on any atom is 0.128 e. The Morgan fingerprint density at radius 3 is 2.80 bits per heavy atom. The number of hydrogen-bond acceptors (Lipinski definition) is 2. The number of fused-ring (bicyclic) bond motifs is 1. The highest BCUT2D eigenvalue weighted by atomic mass is 16.3. The molecule has 0 aliphatic heterocycles. The van der Waals surface area contributed by atoms with Crippen LogP contribution >= 0.6 is 0 Å². The van der Waals surface area contributed by atoms with E-state index in [1.54, 1.807) is 0 Å². The van der Waals surface area contributed by atoms with E-state index in [1.807, 2.05) is 36.9 Å². The Morgan fingerprint density at radius 1 is 1.40 bits per heavy atom. The van der Waals surface area contributed by atoms with Gasteiger partial charge in [0.05, 0.1) is 5.52 Å². The lowest BCUT2D eigenvalue weighted by Gasteiger charge is -2.03. The van der Waals surface area contributed by atoms with Crippen molar-refractivity contribution in [3.05, 3.63) is 29.5 Å². The summed E-state index contributed by atoms with van der Waals surface area (Å²) in [6.45, 7) is 2.51. The van der Waals surface area contributed by atoms with Crippen molar-refractivity contribution in [2.75, 3.05) is 6.54 Å². The van der Waals surface area contributed by atoms with Crippen molar-refractivity contribution in [2.24, 2.45) is 12.8 Å². The van der Waals surface area contributed by atoms with Crippen molar-refractivity contribution in [3.8, 4) is 5.75 Å². The average Bonchev–Trinajstić information content (AvgIpc) is 2.51. The molecule has 0 amide bonds. The Morgan fingerprint density at radius 2 is 2.13 bits per heavy atom. The summed E-state index contributed by atoms with van der Waals surface area (Å²) in [4.78, 5) is 0. The molecule has 15 heavy (non-hydrogen) atoms. The van der Waals surface area contributed by atoms with Crippen LogP contribution in [-0.4, -0.2) is 16.2 Å². The van der Waals surface area contributed by atoms with Crippen LogP contribution in [0.3, 0.4) is 0 Å². The van der Waals surface area contributed by atoms with Crippen molar-refractivity contribution in [3.63, 3.8) is 0 Å². The lowest BCUT2D eigenvalue weighted by molar-refractivity contribution is 0.477. The molecule has 0 aliphatic rings. The van der Waals surface area contributed by atoms with Crippen molar-refractivity contribution < 1.29 is 5.11 Å². The molecule has 80 valence electrons. The van der Waals surface area contributed by atoms with Crippen LogP contribution in [0.5, 0.6) is 5.75 Å². The summed E-state index contributed by atoms with van der Waals surface area (Å²) in [6.07, 6.45) is 2.84. The summed E-state index contributed by atoms with van der Waals surface area (Å²) in [5.74, 6) is 0.386. The Labute approximate surface area is 89.1 Å². The lowest BCUT2D eigenvalue weighted by atomic mass is 10.1. The van der Waals surface area contributed by atoms with Gasteiger partial charge < -0.3 is 15.4 Å². The van der Waals surface area contributed by atoms with Crippen LogP contribution in [0, 0.1) is 6.92 Å². The van der Waals surface area contributed by atoms with Crippen LogP contribution in [0.25, 0.3) is 10.9 Å². The summed E-state index contributed by atoms with van der Waals surface area (Å²) in [6, 6.07) is 3.97. The molecule has 3 N–H and O–H groups in total. The van der Waals surface area contributed by atoms with Crippen molar-refractivity contribution >= 4 is 10.9 Å². The second kappa shape index (κ2) is 3.59. The van der Waals surface area contributed by atoms with E-state index in [9.17, 15) is 5.11 Å². The zero-order chi connectivity index (χ0) is 11.0. The number of phenols is 1. The number of aromatic hydroxyl groups is 1. The Kier molecular flexibility index (Phi) is 2.40. The summed E-state index contributed by atoms with van der Waals surface area (Å²) < 4.78 is 2.03. The third-order valence-corrected chi connectivity index (χ3v) is 2.82. The first-order chi connectivity index (χ1) is 7.15. The van der Waals surface area contributed by atoms with Crippen molar-refractivity contribution in [1.29, 1.82) is 0 Å². The SMILES string of the molecule is Cc1ccc2c(c(CCN)cn2C)c1O. The van der Waals surface area contributed by atoms with Crippen molar-refractivity contribution in [2.45, 2.75) is 13.3 Å². The Balaban J connectivity index is 2.77. The molecule has 1 aromatic carbocycles. The molecule has 3 heteroatoms. The van der Waals surface area contributed by atoms with Gasteiger partial charge in [-0.2, -0.15) is 0 Å². The summed E-state index contributed by atoms with van der Waals surface area (Å²) in [7, 11) is 1.98. The molecule has 2 aromatic rings. The van der Waals surface area contributed by atoms with Gasteiger partial charge in [-0.3, -0.25) is 0 Å². The fourth-order valence-electron chi connectivity index (χ4n) is 2.01. The number of nitrogens with two attached hydrogens (primary N) is 1. The Hall–Kier alpha value is -1.48. The predicted octanol–water partition coefficient (Wildman–Crippen LogP) is 1.69. The average molecular weight is 204 g/mol. The first kappa shape index (κ1) is 10.1. The molecule has 2 rings (SSSR count). The first-order valence-electron chi connectivity index (χ1n) is 5.11. The molecule has 0 spiro atoms. The third kappa shape index (κ3) is 1.49. The quantitative estimate of drug-likeness (QED) is 0.782. The molecule has 0 fully saturated rings. The largest absolute Gasteiger partial charge is 0.507 e. The standard InChI is InChI=1S/C12H16N2O/c1-8-3-4-10-11(12(8)15)9(5-6-13)7-14(10)2/h3-4,7,15H,5-6,13H2,1-2H3. The smallest absolute Gasteiger partial charge is 0.128 e. The number of phenolic OH excluding ortho intramolecular Hbond substituents is 1. The highest BCUT2D eigenvalue weighted by Gasteiger charge is 2.11. The van der Waals surface area contributed by atoms with E-state index >= 15 is 0 Å². The highest BCUT2D eigenvalue weighted by Crippen LogP contribution is 2.32. The molecule has 0 atom stereocenters. The number of aryl methyl sites for hydroxylation is 2. The molecular weight excluding hydrogens is 188 g/mol. The molecule has 0 aliphatic carbocycles. The van der Waals surface area contributed by atoms with Crippen LogP contribution < -0.4 is 5.73 Å². The minimum absolute atomic E-state index is 0.386. The monoisotopic (exact) mass is 204 g/mol. The van der Waals surface area contributed by atoms with Gasteiger partial charge in [-0.1, -0.05) is 6.07 Å². The van der Waals surface area contributed by atoms with E-state index < -0.39 is 0 Å². The van der Waals surface area contributed by atoms with Gasteiger partial charge in [-0.15, -0.1) is 0 Å². The van der Waals surface area contributed by atoms with Crippen LogP contribution in [0.2, 0.25) is 0 Å². The molecule has 1 aromatic heterocycles. The number of aromatic nitrogens is 1. The summed E-state index contributed by atoms with van der Waals surface area (Å²) >= 11 is 0. The van der Waals surface area contributed by atoms with Gasteiger partial charge in [0.15, 0.2) is 0 Å². The molecule has 0 saturated carbocycles. The van der Waals surface area contributed by atoms with E-state index in [4.69, 9.17) is 5.73 Å². The Bertz CT molecular complexity index is 500. The van der Waals surface area contributed by atoms with E-state index in [2.05, 4.69) is 0 Å². The zero-order valence-electron chi connectivity index (χ0n) is 9.12. The fraction of sp³-hybridized carbons (Fsp3) is 0.333. The van der Waals surface area contributed by atoms with Gasteiger partial charge in [0.1, 0.15) is 5.75 Å². The zero-order valence-corrected chi connectivity index (χ0v) is 9.12. The van der Waals surface area contributed by atoms with Crippen LogP contribution in [0.15, 0.2) is 18.3 Å². The number of benzene rings is 1. The van der Waals surface area contributed by atoms with E-state index in [-0.39, 0.29) is 0 Å². The minimum Gasteiger partial charge on any atom is -0.507 e. The van der Waals surface area contributed by atoms with Gasteiger partial charge in [0.25, 0.3) is 0 Å². The second-order valence-corrected chi connectivity index (χ2v) is 3.93.